The molecule has 3 amide bonds. The molecule has 0 bridgehead atoms. The average molecular weight is 588 g/mol. The van der Waals surface area contributed by atoms with E-state index < -0.39 is 12.0 Å². The van der Waals surface area contributed by atoms with Crippen molar-refractivity contribution in [2.75, 3.05) is 30.9 Å². The highest BCUT2D eigenvalue weighted by Gasteiger charge is 2.31. The first kappa shape index (κ1) is 27.9. The molecule has 204 valence electrons. The molecule has 1 saturated heterocycles. The molecule has 1 heterocycles. The third-order valence-corrected chi connectivity index (χ3v) is 7.93. The van der Waals surface area contributed by atoms with Crippen LogP contribution in [0.5, 0.6) is 5.75 Å². The van der Waals surface area contributed by atoms with E-state index in [4.69, 9.17) is 9.47 Å². The summed E-state index contributed by atoms with van der Waals surface area (Å²) >= 11 is 3.41. The van der Waals surface area contributed by atoms with Crippen LogP contribution in [0.4, 0.5) is 16.2 Å². The summed E-state index contributed by atoms with van der Waals surface area (Å²) in [6.07, 6.45) is 4.90. The van der Waals surface area contributed by atoms with E-state index >= 15 is 0 Å². The van der Waals surface area contributed by atoms with Gasteiger partial charge in [-0.3, -0.25) is 9.59 Å². The van der Waals surface area contributed by atoms with Crippen LogP contribution >= 0.6 is 15.9 Å². The zero-order chi connectivity index (χ0) is 27.1. The van der Waals surface area contributed by atoms with Crippen LogP contribution in [0.15, 0.2) is 46.9 Å². The second kappa shape index (κ2) is 13.1. The second-order valence-corrected chi connectivity index (χ2v) is 10.7. The summed E-state index contributed by atoms with van der Waals surface area (Å²) in [7, 11) is 1.52. The number of methoxy groups -OCH3 is 1. The monoisotopic (exact) mass is 587 g/mol. The third-order valence-electron chi connectivity index (χ3n) is 7.24. The van der Waals surface area contributed by atoms with Gasteiger partial charge in [0, 0.05) is 11.0 Å². The minimum Gasteiger partial charge on any atom is -0.495 e. The summed E-state index contributed by atoms with van der Waals surface area (Å²) in [5, 5.41) is 14.8. The first-order valence-corrected chi connectivity index (χ1v) is 13.8. The number of amides is 3. The molecule has 3 N–H and O–H groups in total. The van der Waals surface area contributed by atoms with Crippen molar-refractivity contribution in [3.05, 3.63) is 52.5 Å². The molecular weight excluding hydrogens is 554 g/mol. The van der Waals surface area contributed by atoms with Crippen molar-refractivity contribution in [1.82, 2.24) is 4.90 Å². The lowest BCUT2D eigenvalue weighted by Gasteiger charge is -2.30. The van der Waals surface area contributed by atoms with E-state index in [1.165, 1.54) is 7.11 Å². The number of carbonyl (C=O) groups is 3. The Labute approximate surface area is 231 Å². The Morgan fingerprint density at radius 3 is 2.47 bits per heavy atom. The Kier molecular flexibility index (Phi) is 9.63. The maximum atomic E-state index is 13.2. The minimum atomic E-state index is -0.722. The molecule has 2 aromatic rings. The number of carboxylic acid groups (broad SMARTS) is 1. The highest BCUT2D eigenvalue weighted by atomic mass is 79.9. The van der Waals surface area contributed by atoms with Crippen molar-refractivity contribution in [1.29, 1.82) is 0 Å². The van der Waals surface area contributed by atoms with E-state index in [0.29, 0.717) is 43.1 Å². The van der Waals surface area contributed by atoms with Crippen molar-refractivity contribution in [2.24, 2.45) is 5.92 Å². The molecule has 0 unspecified atom stereocenters. The molecule has 38 heavy (non-hydrogen) atoms. The number of aliphatic carboxylic acids is 1. The number of benzene rings is 2. The normalized spacial score (nSPS) is 21.1. The first-order chi connectivity index (χ1) is 18.3. The number of likely N-dealkylation sites (tertiary alicyclic amines) is 1. The highest BCUT2D eigenvalue weighted by Crippen LogP contribution is 2.29. The summed E-state index contributed by atoms with van der Waals surface area (Å²) < 4.78 is 12.4. The fourth-order valence-electron chi connectivity index (χ4n) is 5.12. The number of para-hydroxylation sites is 1. The minimum absolute atomic E-state index is 0.0279. The van der Waals surface area contributed by atoms with Gasteiger partial charge < -0.3 is 30.1 Å². The largest absolute Gasteiger partial charge is 0.495 e. The first-order valence-electron chi connectivity index (χ1n) is 13.0. The molecule has 2 aromatic carbocycles. The number of urea groups is 1. The standard InChI is InChI=1S/C28H34BrN3O6/c1-37-25-15-18(8-13-24(25)31-28(36)30-23-7-3-2-6-22(23)29)16-26(33)32-14-4-5-20(32)17-38-21-11-9-19(10-12-21)27(34)35/h2-3,6-8,13,15,19-21H,4-5,9-12,14,16-17H2,1H3,(H,34,35)(H2,30,31,36)/t19?,20-,21?/m0/s1. The van der Waals surface area contributed by atoms with E-state index in [-0.39, 0.29) is 30.4 Å². The Balaban J connectivity index is 1.30. The molecule has 4 rings (SSSR count). The van der Waals surface area contributed by atoms with Gasteiger partial charge in [-0.1, -0.05) is 18.2 Å². The van der Waals surface area contributed by atoms with Gasteiger partial charge in [0.2, 0.25) is 5.91 Å². The van der Waals surface area contributed by atoms with Gasteiger partial charge in [-0.25, -0.2) is 4.79 Å². The van der Waals surface area contributed by atoms with E-state index in [1.807, 2.05) is 29.2 Å². The Morgan fingerprint density at radius 2 is 1.76 bits per heavy atom. The Bertz CT molecular complexity index is 1150. The lowest BCUT2D eigenvalue weighted by molar-refractivity contribution is -0.144. The average Bonchev–Trinajstić information content (AvgIpc) is 3.39. The van der Waals surface area contributed by atoms with Crippen molar-refractivity contribution in [3.63, 3.8) is 0 Å². The Hall–Kier alpha value is -3.11. The fourth-order valence-corrected chi connectivity index (χ4v) is 5.51. The lowest BCUT2D eigenvalue weighted by Crippen LogP contribution is -2.40. The van der Waals surface area contributed by atoms with Gasteiger partial charge >= 0.3 is 12.0 Å². The maximum absolute atomic E-state index is 13.2. The number of ether oxygens (including phenoxy) is 2. The number of nitrogens with zero attached hydrogens (tertiary/aromatic N) is 1. The SMILES string of the molecule is COc1cc(CC(=O)N2CCC[C@H]2COC2CCC(C(=O)O)CC2)ccc1NC(=O)Nc1ccccc1Br. The summed E-state index contributed by atoms with van der Waals surface area (Å²) in [6, 6.07) is 12.3. The van der Waals surface area contributed by atoms with Crippen LogP contribution in [-0.2, 0) is 20.7 Å². The van der Waals surface area contributed by atoms with Gasteiger partial charge in [0.15, 0.2) is 0 Å². The Morgan fingerprint density at radius 1 is 1.03 bits per heavy atom. The number of hydrogen-bond donors (Lipinski definition) is 3. The number of carbonyl (C=O) groups excluding carboxylic acids is 2. The zero-order valence-electron chi connectivity index (χ0n) is 21.5. The molecule has 0 radical (unpaired) electrons. The molecule has 1 saturated carbocycles. The molecule has 0 spiro atoms. The summed E-state index contributed by atoms with van der Waals surface area (Å²) in [6.45, 7) is 1.18. The number of rotatable bonds is 9. The van der Waals surface area contributed by atoms with Crippen LogP contribution in [0, 0.1) is 5.92 Å². The molecule has 9 nitrogen and oxygen atoms in total. The fraction of sp³-hybridized carbons (Fsp3) is 0.464. The van der Waals surface area contributed by atoms with Crippen molar-refractivity contribution in [2.45, 2.75) is 57.1 Å². The van der Waals surface area contributed by atoms with Gasteiger partial charge in [0.25, 0.3) is 0 Å². The van der Waals surface area contributed by atoms with Gasteiger partial charge in [-0.15, -0.1) is 0 Å². The van der Waals surface area contributed by atoms with Crippen LogP contribution in [-0.4, -0.2) is 60.3 Å². The highest BCUT2D eigenvalue weighted by molar-refractivity contribution is 9.10. The molecule has 2 fully saturated rings. The third kappa shape index (κ3) is 7.26. The summed E-state index contributed by atoms with van der Waals surface area (Å²) in [4.78, 5) is 38.7. The summed E-state index contributed by atoms with van der Waals surface area (Å²) in [5.74, 6) is -0.491. The van der Waals surface area contributed by atoms with Crippen LogP contribution in [0.2, 0.25) is 0 Å². The van der Waals surface area contributed by atoms with Crippen LogP contribution in [0.3, 0.4) is 0 Å². The van der Waals surface area contributed by atoms with Crippen molar-refractivity contribution >= 4 is 45.2 Å². The van der Waals surface area contributed by atoms with Gasteiger partial charge in [0.1, 0.15) is 5.75 Å². The molecule has 10 heteroatoms. The van der Waals surface area contributed by atoms with E-state index in [0.717, 1.165) is 35.7 Å². The van der Waals surface area contributed by atoms with Gasteiger partial charge in [-0.05, 0) is 84.3 Å². The van der Waals surface area contributed by atoms with Crippen LogP contribution in [0.25, 0.3) is 0 Å². The van der Waals surface area contributed by atoms with E-state index in [1.54, 1.807) is 18.2 Å². The van der Waals surface area contributed by atoms with Gasteiger partial charge in [-0.2, -0.15) is 0 Å². The number of carboxylic acids is 1. The number of hydrogen-bond acceptors (Lipinski definition) is 5. The molecule has 2 aliphatic rings. The van der Waals surface area contributed by atoms with Crippen LogP contribution in [0.1, 0.15) is 44.1 Å². The van der Waals surface area contributed by atoms with Crippen molar-refractivity contribution < 1.29 is 29.0 Å². The number of anilines is 2. The predicted molar refractivity (Wildman–Crippen MR) is 148 cm³/mol. The molecule has 1 aliphatic carbocycles. The summed E-state index contributed by atoms with van der Waals surface area (Å²) in [5.41, 5.74) is 1.93. The van der Waals surface area contributed by atoms with E-state index in [2.05, 4.69) is 26.6 Å². The van der Waals surface area contributed by atoms with E-state index in [9.17, 15) is 19.5 Å². The quantitative estimate of drug-likeness (QED) is 0.366. The number of halogens is 1. The smallest absolute Gasteiger partial charge is 0.323 e. The van der Waals surface area contributed by atoms with Gasteiger partial charge in [0.05, 0.1) is 49.6 Å². The lowest BCUT2D eigenvalue weighted by atomic mass is 9.87. The van der Waals surface area contributed by atoms with Crippen molar-refractivity contribution in [3.8, 4) is 5.75 Å². The zero-order valence-corrected chi connectivity index (χ0v) is 23.0. The molecule has 1 atom stereocenters. The van der Waals surface area contributed by atoms with Crippen LogP contribution < -0.4 is 15.4 Å². The second-order valence-electron chi connectivity index (χ2n) is 9.80. The molecule has 1 aliphatic heterocycles. The molecular formula is C28H34BrN3O6. The predicted octanol–water partition coefficient (Wildman–Crippen LogP) is 5.30. The molecule has 0 aromatic heterocycles. The maximum Gasteiger partial charge on any atom is 0.323 e. The topological polar surface area (TPSA) is 117 Å². The number of nitrogens with one attached hydrogen (secondary N) is 2.